The predicted molar refractivity (Wildman–Crippen MR) is 108 cm³/mol. The maximum atomic E-state index is 14.6. The van der Waals surface area contributed by atoms with Gasteiger partial charge in [0, 0.05) is 0 Å². The summed E-state index contributed by atoms with van der Waals surface area (Å²) in [6.07, 6.45) is 0. The van der Waals surface area contributed by atoms with Crippen molar-refractivity contribution in [1.29, 1.82) is 10.5 Å². The number of halogens is 1. The van der Waals surface area contributed by atoms with E-state index in [-0.39, 0.29) is 11.3 Å². The van der Waals surface area contributed by atoms with Gasteiger partial charge >= 0.3 is 5.97 Å². The van der Waals surface area contributed by atoms with Gasteiger partial charge in [-0.2, -0.15) is 10.5 Å². The van der Waals surface area contributed by atoms with Gasteiger partial charge in [-0.25, -0.2) is 9.18 Å². The molecule has 2 aromatic rings. The molecular weight excluding hydrogens is 409 g/mol. The lowest BCUT2D eigenvalue weighted by Gasteiger charge is -2.11. The van der Waals surface area contributed by atoms with Gasteiger partial charge in [-0.3, -0.25) is 4.79 Å². The van der Waals surface area contributed by atoms with Gasteiger partial charge in [0.1, 0.15) is 22.1 Å². The van der Waals surface area contributed by atoms with E-state index in [1.54, 1.807) is 36.4 Å². The van der Waals surface area contributed by atoms with E-state index in [4.69, 9.17) is 10.00 Å². The molecule has 0 spiro atoms. The monoisotopic (exact) mass is 423 g/mol. The van der Waals surface area contributed by atoms with Crippen molar-refractivity contribution in [1.82, 2.24) is 0 Å². The van der Waals surface area contributed by atoms with E-state index in [0.717, 1.165) is 11.8 Å². The van der Waals surface area contributed by atoms with E-state index in [0.29, 0.717) is 16.9 Å². The zero-order chi connectivity index (χ0) is 21.8. The molecule has 2 aromatic carbocycles. The summed E-state index contributed by atoms with van der Waals surface area (Å²) < 4.78 is 19.8. The van der Waals surface area contributed by atoms with Crippen LogP contribution in [-0.2, 0) is 9.59 Å². The standard InChI is InChI=1S/C21H14FN3O4S/c1-29-13-4-2-3-11(7-13)12-5-6-15(14(22)8-12)25-20(26)18-16(9-23)30-17(10-24)19(18)21(27)28/h2-8,16-17H,1H3,(H,25,26)(H,27,28). The number of aliphatic carboxylic acids is 1. The minimum absolute atomic E-state index is 0.175. The molecule has 9 heteroatoms. The van der Waals surface area contributed by atoms with Gasteiger partial charge in [-0.05, 0) is 35.4 Å². The third-order valence-corrected chi connectivity index (χ3v) is 5.64. The van der Waals surface area contributed by atoms with Crippen molar-refractivity contribution >= 4 is 29.3 Å². The smallest absolute Gasteiger partial charge is 0.334 e. The van der Waals surface area contributed by atoms with E-state index < -0.39 is 33.8 Å². The number of hydrogen-bond donors (Lipinski definition) is 2. The molecule has 1 aliphatic heterocycles. The molecule has 30 heavy (non-hydrogen) atoms. The molecule has 7 nitrogen and oxygen atoms in total. The Morgan fingerprint density at radius 3 is 2.37 bits per heavy atom. The quantitative estimate of drug-likeness (QED) is 0.756. The number of anilines is 1. The number of carbonyl (C=O) groups excluding carboxylic acids is 1. The van der Waals surface area contributed by atoms with E-state index in [1.807, 2.05) is 6.07 Å². The second-order valence-electron chi connectivity index (χ2n) is 6.17. The number of hydrogen-bond acceptors (Lipinski definition) is 6. The SMILES string of the molecule is COc1cccc(-c2ccc(NC(=O)C3=C(C(=O)O)C(C#N)SC3C#N)c(F)c2)c1. The van der Waals surface area contributed by atoms with Gasteiger partial charge in [0.15, 0.2) is 0 Å². The average Bonchev–Trinajstić information content (AvgIpc) is 3.14. The highest BCUT2D eigenvalue weighted by Gasteiger charge is 2.41. The normalized spacial score (nSPS) is 17.7. The van der Waals surface area contributed by atoms with Crippen molar-refractivity contribution in [3.8, 4) is 29.0 Å². The van der Waals surface area contributed by atoms with E-state index in [1.165, 1.54) is 19.2 Å². The molecule has 1 aliphatic rings. The molecule has 0 bridgehead atoms. The van der Waals surface area contributed by atoms with Crippen molar-refractivity contribution in [2.45, 2.75) is 10.5 Å². The number of carboxylic acid groups (broad SMARTS) is 1. The van der Waals surface area contributed by atoms with Crippen LogP contribution in [0.25, 0.3) is 11.1 Å². The van der Waals surface area contributed by atoms with Gasteiger partial charge in [-0.15, -0.1) is 11.8 Å². The Bertz CT molecular complexity index is 1150. The van der Waals surface area contributed by atoms with Crippen molar-refractivity contribution in [2.75, 3.05) is 12.4 Å². The number of nitriles is 2. The van der Waals surface area contributed by atoms with Crippen LogP contribution in [0.5, 0.6) is 5.75 Å². The van der Waals surface area contributed by atoms with Gasteiger partial charge in [-0.1, -0.05) is 18.2 Å². The molecular formula is C21H14FN3O4S. The van der Waals surface area contributed by atoms with E-state index in [2.05, 4.69) is 5.32 Å². The van der Waals surface area contributed by atoms with Crippen LogP contribution in [0.3, 0.4) is 0 Å². The summed E-state index contributed by atoms with van der Waals surface area (Å²) in [6.45, 7) is 0. The van der Waals surface area contributed by atoms with Crippen molar-refractivity contribution < 1.29 is 23.8 Å². The molecule has 0 saturated heterocycles. The molecule has 2 atom stereocenters. The molecule has 0 fully saturated rings. The number of carboxylic acids is 1. The fourth-order valence-corrected chi connectivity index (χ4v) is 4.13. The van der Waals surface area contributed by atoms with Crippen LogP contribution in [0.4, 0.5) is 10.1 Å². The minimum Gasteiger partial charge on any atom is -0.497 e. The Morgan fingerprint density at radius 1 is 1.10 bits per heavy atom. The Hall–Kier alpha value is -3.82. The highest BCUT2D eigenvalue weighted by molar-refractivity contribution is 8.01. The largest absolute Gasteiger partial charge is 0.497 e. The average molecular weight is 423 g/mol. The Labute approximate surface area is 175 Å². The van der Waals surface area contributed by atoms with Crippen LogP contribution in [0, 0.1) is 28.5 Å². The summed E-state index contributed by atoms with van der Waals surface area (Å²) in [4.78, 5) is 24.2. The number of ether oxygens (including phenoxy) is 1. The summed E-state index contributed by atoms with van der Waals surface area (Å²) in [6, 6.07) is 14.7. The number of methoxy groups -OCH3 is 1. The topological polar surface area (TPSA) is 123 Å². The van der Waals surface area contributed by atoms with E-state index in [9.17, 15) is 24.3 Å². The Morgan fingerprint density at radius 2 is 1.77 bits per heavy atom. The molecule has 0 aromatic heterocycles. The van der Waals surface area contributed by atoms with Crippen LogP contribution in [-0.4, -0.2) is 34.6 Å². The van der Waals surface area contributed by atoms with Gasteiger partial charge < -0.3 is 15.2 Å². The lowest BCUT2D eigenvalue weighted by atomic mass is 10.0. The Kier molecular flexibility index (Phi) is 6.05. The first-order chi connectivity index (χ1) is 14.4. The molecule has 1 heterocycles. The second kappa shape index (κ2) is 8.68. The summed E-state index contributed by atoms with van der Waals surface area (Å²) >= 11 is 0.758. The first-order valence-electron chi connectivity index (χ1n) is 8.57. The molecule has 1 amide bonds. The molecule has 0 aliphatic carbocycles. The highest BCUT2D eigenvalue weighted by atomic mass is 32.2. The van der Waals surface area contributed by atoms with Crippen LogP contribution in [0.1, 0.15) is 0 Å². The number of nitrogens with one attached hydrogen (secondary N) is 1. The van der Waals surface area contributed by atoms with Crippen LogP contribution < -0.4 is 10.1 Å². The van der Waals surface area contributed by atoms with Crippen LogP contribution >= 0.6 is 11.8 Å². The molecule has 0 radical (unpaired) electrons. The lowest BCUT2D eigenvalue weighted by molar-refractivity contribution is -0.133. The van der Waals surface area contributed by atoms with Gasteiger partial charge in [0.25, 0.3) is 5.91 Å². The second-order valence-corrected chi connectivity index (χ2v) is 7.38. The summed E-state index contributed by atoms with van der Waals surface area (Å²) in [5.41, 5.74) is 0.269. The fraction of sp³-hybridized carbons (Fsp3) is 0.143. The Balaban J connectivity index is 1.91. The summed E-state index contributed by atoms with van der Waals surface area (Å²) in [5, 5.41) is 27.8. The molecule has 2 unspecified atom stereocenters. The molecule has 150 valence electrons. The minimum atomic E-state index is -1.47. The maximum absolute atomic E-state index is 14.6. The first kappa shape index (κ1) is 20.9. The first-order valence-corrected chi connectivity index (χ1v) is 9.51. The van der Waals surface area contributed by atoms with Crippen molar-refractivity contribution in [3.63, 3.8) is 0 Å². The van der Waals surface area contributed by atoms with Crippen molar-refractivity contribution in [2.24, 2.45) is 0 Å². The zero-order valence-electron chi connectivity index (χ0n) is 15.5. The van der Waals surface area contributed by atoms with Gasteiger partial charge in [0.2, 0.25) is 0 Å². The molecule has 2 N–H and O–H groups in total. The van der Waals surface area contributed by atoms with Crippen LogP contribution in [0.15, 0.2) is 53.6 Å². The number of thioether (sulfide) groups is 1. The van der Waals surface area contributed by atoms with E-state index >= 15 is 0 Å². The van der Waals surface area contributed by atoms with Gasteiger partial charge in [0.05, 0.1) is 36.1 Å². The third kappa shape index (κ3) is 3.97. The number of carbonyl (C=O) groups is 2. The molecule has 3 rings (SSSR count). The number of benzene rings is 2. The van der Waals surface area contributed by atoms with Crippen LogP contribution in [0.2, 0.25) is 0 Å². The fourth-order valence-electron chi connectivity index (χ4n) is 3.00. The third-order valence-electron chi connectivity index (χ3n) is 4.42. The number of rotatable bonds is 5. The number of nitrogens with zero attached hydrogens (tertiary/aromatic N) is 2. The van der Waals surface area contributed by atoms with Crippen molar-refractivity contribution in [3.05, 3.63) is 59.4 Å². The molecule has 0 saturated carbocycles. The highest BCUT2D eigenvalue weighted by Crippen LogP contribution is 2.39. The summed E-state index contributed by atoms with van der Waals surface area (Å²) in [5.74, 6) is -2.54. The predicted octanol–water partition coefficient (Wildman–Crippen LogP) is 3.35. The lowest BCUT2D eigenvalue weighted by Crippen LogP contribution is -2.23. The maximum Gasteiger partial charge on any atom is 0.334 e. The zero-order valence-corrected chi connectivity index (χ0v) is 16.4. The number of amides is 1. The summed E-state index contributed by atoms with van der Waals surface area (Å²) in [7, 11) is 1.52.